The molecule has 5 amide bonds. The van der Waals surface area contributed by atoms with Crippen LogP contribution in [-0.2, 0) is 28.9 Å². The fourth-order valence-corrected chi connectivity index (χ4v) is 4.39. The standard InChI is InChI=1S/C23H20ClF3N4O5/c1-36-18-7-14(23(25,26)27)15(24)8-16(18)29-22(35)28-9-11-2-3-13-12(6-11)10-31(21(13)34)17-4-5-19(32)30-20(17)33/h2-3,6-8,17H,4-5,9-10H2,1H3,(H2,28,29,35)(H,30,32,33). The lowest BCUT2D eigenvalue weighted by molar-refractivity contribution is -0.138. The van der Waals surface area contributed by atoms with E-state index in [9.17, 15) is 32.3 Å². The molecule has 0 saturated carbocycles. The average Bonchev–Trinajstić information content (AvgIpc) is 3.12. The van der Waals surface area contributed by atoms with E-state index in [0.29, 0.717) is 22.8 Å². The van der Waals surface area contributed by atoms with Crippen molar-refractivity contribution in [1.82, 2.24) is 15.5 Å². The van der Waals surface area contributed by atoms with E-state index >= 15 is 0 Å². The van der Waals surface area contributed by atoms with Gasteiger partial charge in [0.2, 0.25) is 11.8 Å². The number of amides is 5. The first-order valence-electron chi connectivity index (χ1n) is 10.7. The third-order valence-electron chi connectivity index (χ3n) is 5.88. The van der Waals surface area contributed by atoms with Gasteiger partial charge in [-0.25, -0.2) is 4.79 Å². The van der Waals surface area contributed by atoms with Crippen molar-refractivity contribution in [3.05, 3.63) is 57.6 Å². The minimum absolute atomic E-state index is 0.0441. The number of nitrogens with one attached hydrogen (secondary N) is 3. The summed E-state index contributed by atoms with van der Waals surface area (Å²) in [6, 6.07) is 5.15. The smallest absolute Gasteiger partial charge is 0.417 e. The number of anilines is 1. The lowest BCUT2D eigenvalue weighted by Gasteiger charge is -2.29. The first-order chi connectivity index (χ1) is 17.0. The van der Waals surface area contributed by atoms with Crippen molar-refractivity contribution in [2.24, 2.45) is 0 Å². The largest absolute Gasteiger partial charge is 0.495 e. The van der Waals surface area contributed by atoms with Crippen molar-refractivity contribution in [3.8, 4) is 5.75 Å². The third kappa shape index (κ3) is 5.08. The van der Waals surface area contributed by atoms with Crippen LogP contribution in [0.3, 0.4) is 0 Å². The Morgan fingerprint density at radius 3 is 2.64 bits per heavy atom. The van der Waals surface area contributed by atoms with Gasteiger partial charge in [-0.3, -0.25) is 19.7 Å². The highest BCUT2D eigenvalue weighted by Gasteiger charge is 2.39. The number of fused-ring (bicyclic) bond motifs is 1. The highest BCUT2D eigenvalue weighted by atomic mass is 35.5. The number of alkyl halides is 3. The van der Waals surface area contributed by atoms with E-state index in [1.165, 1.54) is 4.90 Å². The monoisotopic (exact) mass is 524 g/mol. The van der Waals surface area contributed by atoms with Gasteiger partial charge in [0.15, 0.2) is 0 Å². The van der Waals surface area contributed by atoms with Crippen LogP contribution in [0, 0.1) is 0 Å². The van der Waals surface area contributed by atoms with Crippen LogP contribution in [0.4, 0.5) is 23.7 Å². The van der Waals surface area contributed by atoms with E-state index in [2.05, 4.69) is 16.0 Å². The second kappa shape index (κ2) is 9.69. The Labute approximate surface area is 207 Å². The number of benzene rings is 2. The first-order valence-corrected chi connectivity index (χ1v) is 11.1. The van der Waals surface area contributed by atoms with Crippen molar-refractivity contribution in [2.45, 2.75) is 38.1 Å². The Morgan fingerprint density at radius 2 is 1.97 bits per heavy atom. The number of imide groups is 1. The molecule has 2 aliphatic heterocycles. The lowest BCUT2D eigenvalue weighted by Crippen LogP contribution is -2.52. The summed E-state index contributed by atoms with van der Waals surface area (Å²) < 4.78 is 44.1. The molecule has 1 atom stereocenters. The van der Waals surface area contributed by atoms with Crippen LogP contribution < -0.4 is 20.7 Å². The second-order valence-electron chi connectivity index (χ2n) is 8.23. The Bertz CT molecular complexity index is 1270. The van der Waals surface area contributed by atoms with Gasteiger partial charge in [0.1, 0.15) is 11.8 Å². The fourth-order valence-electron chi connectivity index (χ4n) is 4.12. The van der Waals surface area contributed by atoms with Crippen molar-refractivity contribution in [2.75, 3.05) is 12.4 Å². The number of urea groups is 1. The molecule has 0 spiro atoms. The van der Waals surface area contributed by atoms with Crippen LogP contribution >= 0.6 is 11.6 Å². The predicted octanol–water partition coefficient (Wildman–Crippen LogP) is 3.45. The normalized spacial score (nSPS) is 17.5. The number of rotatable bonds is 5. The number of carbonyl (C=O) groups is 4. The van der Waals surface area contributed by atoms with Crippen molar-refractivity contribution >= 4 is 41.0 Å². The molecule has 0 bridgehead atoms. The Balaban J connectivity index is 1.40. The van der Waals surface area contributed by atoms with Crippen LogP contribution in [0.15, 0.2) is 30.3 Å². The average molecular weight is 525 g/mol. The Morgan fingerprint density at radius 1 is 1.22 bits per heavy atom. The Kier molecular flexibility index (Phi) is 6.81. The molecule has 190 valence electrons. The number of hydrogen-bond acceptors (Lipinski definition) is 5. The second-order valence-corrected chi connectivity index (χ2v) is 8.64. The van der Waals surface area contributed by atoms with Crippen molar-refractivity contribution < 1.29 is 37.1 Å². The summed E-state index contributed by atoms with van der Waals surface area (Å²) in [6.45, 7) is 0.226. The van der Waals surface area contributed by atoms with Gasteiger partial charge in [-0.2, -0.15) is 13.2 Å². The van der Waals surface area contributed by atoms with Gasteiger partial charge in [0.25, 0.3) is 5.91 Å². The van der Waals surface area contributed by atoms with Crippen LogP contribution in [-0.4, -0.2) is 41.8 Å². The van der Waals surface area contributed by atoms with Crippen molar-refractivity contribution in [1.29, 1.82) is 0 Å². The van der Waals surface area contributed by atoms with Crippen LogP contribution in [0.1, 0.15) is 39.9 Å². The van der Waals surface area contributed by atoms with Crippen molar-refractivity contribution in [3.63, 3.8) is 0 Å². The molecule has 0 aromatic heterocycles. The molecule has 2 aromatic rings. The van der Waals surface area contributed by atoms with E-state index in [1.807, 2.05) is 0 Å². The zero-order valence-electron chi connectivity index (χ0n) is 18.8. The zero-order chi connectivity index (χ0) is 26.2. The van der Waals surface area contributed by atoms with Gasteiger partial charge in [-0.1, -0.05) is 23.7 Å². The molecule has 9 nitrogen and oxygen atoms in total. The van der Waals surface area contributed by atoms with Crippen LogP contribution in [0.2, 0.25) is 5.02 Å². The number of methoxy groups -OCH3 is 1. The van der Waals surface area contributed by atoms with Crippen LogP contribution in [0.25, 0.3) is 0 Å². The summed E-state index contributed by atoms with van der Waals surface area (Å²) in [5, 5.41) is 6.63. The molecule has 1 fully saturated rings. The highest BCUT2D eigenvalue weighted by molar-refractivity contribution is 6.32. The maximum Gasteiger partial charge on any atom is 0.417 e. The molecule has 1 unspecified atom stereocenters. The summed E-state index contributed by atoms with van der Waals surface area (Å²) >= 11 is 5.73. The van der Waals surface area contributed by atoms with Gasteiger partial charge in [0, 0.05) is 25.1 Å². The van der Waals surface area contributed by atoms with Gasteiger partial charge in [-0.05, 0) is 35.7 Å². The molecule has 2 aliphatic rings. The minimum Gasteiger partial charge on any atom is -0.495 e. The molecule has 1 saturated heterocycles. The zero-order valence-corrected chi connectivity index (χ0v) is 19.5. The molecule has 0 radical (unpaired) electrons. The summed E-state index contributed by atoms with van der Waals surface area (Å²) in [7, 11) is 1.16. The summed E-state index contributed by atoms with van der Waals surface area (Å²) in [5.74, 6) is -1.41. The molecule has 4 rings (SSSR count). The summed E-state index contributed by atoms with van der Waals surface area (Å²) in [4.78, 5) is 50.1. The number of ether oxygens (including phenoxy) is 1. The van der Waals surface area contributed by atoms with Gasteiger partial charge >= 0.3 is 12.2 Å². The molecule has 3 N–H and O–H groups in total. The van der Waals surface area contributed by atoms with E-state index in [0.717, 1.165) is 13.2 Å². The molecular weight excluding hydrogens is 505 g/mol. The quantitative estimate of drug-likeness (QED) is 0.518. The van der Waals surface area contributed by atoms with E-state index in [-0.39, 0.29) is 49.2 Å². The SMILES string of the molecule is COc1cc(C(F)(F)F)c(Cl)cc1NC(=O)NCc1ccc2c(c1)CN(C1CCC(=O)NC1=O)C2=O. The fraction of sp³-hybridized carbons (Fsp3) is 0.304. The Hall–Kier alpha value is -3.80. The topological polar surface area (TPSA) is 117 Å². The highest BCUT2D eigenvalue weighted by Crippen LogP contribution is 2.40. The third-order valence-corrected chi connectivity index (χ3v) is 6.20. The molecule has 0 aliphatic carbocycles. The molecule has 2 heterocycles. The number of carbonyl (C=O) groups excluding carboxylic acids is 4. The lowest BCUT2D eigenvalue weighted by atomic mass is 10.0. The summed E-state index contributed by atoms with van der Waals surface area (Å²) in [5.41, 5.74) is 0.607. The van der Waals surface area contributed by atoms with E-state index in [1.54, 1.807) is 18.2 Å². The molecule has 36 heavy (non-hydrogen) atoms. The maximum absolute atomic E-state index is 13.1. The maximum atomic E-state index is 13.1. The number of nitrogens with zero attached hydrogens (tertiary/aromatic N) is 1. The minimum atomic E-state index is -4.69. The predicted molar refractivity (Wildman–Crippen MR) is 121 cm³/mol. The van der Waals surface area contributed by atoms with E-state index < -0.39 is 34.7 Å². The van der Waals surface area contributed by atoms with Gasteiger partial charge in [0.05, 0.1) is 23.4 Å². The van der Waals surface area contributed by atoms with E-state index in [4.69, 9.17) is 16.3 Å². The number of halogens is 4. The molecule has 13 heteroatoms. The number of hydrogen-bond donors (Lipinski definition) is 3. The van der Waals surface area contributed by atoms with Gasteiger partial charge in [-0.15, -0.1) is 0 Å². The van der Waals surface area contributed by atoms with Crippen LogP contribution in [0.5, 0.6) is 5.75 Å². The first kappa shape index (κ1) is 25.3. The molecular formula is C23H20ClF3N4O5. The number of piperidine rings is 1. The van der Waals surface area contributed by atoms with Gasteiger partial charge < -0.3 is 20.3 Å². The molecule has 2 aromatic carbocycles. The summed E-state index contributed by atoms with van der Waals surface area (Å²) in [6.07, 6.45) is -4.29.